The molecule has 0 aromatic heterocycles. The van der Waals surface area contributed by atoms with E-state index in [4.69, 9.17) is 11.6 Å². The minimum absolute atomic E-state index is 0.158. The number of anilines is 1. The van der Waals surface area contributed by atoms with E-state index < -0.39 is 10.0 Å². The number of carbonyl (C=O) groups is 1. The minimum atomic E-state index is -3.90. The van der Waals surface area contributed by atoms with E-state index in [1.165, 1.54) is 10.7 Å². The molecule has 5 nitrogen and oxygen atoms in total. The molecule has 0 N–H and O–H groups in total. The van der Waals surface area contributed by atoms with Crippen LogP contribution in [0.5, 0.6) is 0 Å². The molecular weight excluding hydrogens is 408 g/mol. The van der Waals surface area contributed by atoms with Crippen LogP contribution in [0.3, 0.4) is 0 Å². The van der Waals surface area contributed by atoms with Gasteiger partial charge in [0.2, 0.25) is 5.91 Å². The second-order valence-electron chi connectivity index (χ2n) is 7.60. The van der Waals surface area contributed by atoms with Crippen molar-refractivity contribution >= 4 is 33.2 Å². The van der Waals surface area contributed by atoms with Crippen molar-refractivity contribution in [3.8, 4) is 0 Å². The third-order valence-electron chi connectivity index (χ3n) is 5.52. The molecule has 0 radical (unpaired) electrons. The highest BCUT2D eigenvalue weighted by Crippen LogP contribution is 2.27. The van der Waals surface area contributed by atoms with E-state index >= 15 is 0 Å². The van der Waals surface area contributed by atoms with Crippen LogP contribution in [-0.2, 0) is 14.8 Å². The zero-order valence-electron chi connectivity index (χ0n) is 16.8. The molecule has 7 heteroatoms. The van der Waals surface area contributed by atoms with Gasteiger partial charge in [0.25, 0.3) is 10.0 Å². The third-order valence-corrected chi connectivity index (χ3v) is 7.56. The minimum Gasteiger partial charge on any atom is -0.341 e. The number of aryl methyl sites for hydroxylation is 1. The van der Waals surface area contributed by atoms with E-state index in [1.54, 1.807) is 60.5 Å². The maximum Gasteiger partial charge on any atom is 0.264 e. The van der Waals surface area contributed by atoms with Gasteiger partial charge in [-0.3, -0.25) is 9.10 Å². The highest BCUT2D eigenvalue weighted by atomic mass is 35.5. The van der Waals surface area contributed by atoms with E-state index in [1.807, 2.05) is 6.92 Å². The van der Waals surface area contributed by atoms with Crippen LogP contribution < -0.4 is 4.31 Å². The normalized spacial score (nSPS) is 15.1. The Kier molecular flexibility index (Phi) is 6.85. The third kappa shape index (κ3) is 5.11. The van der Waals surface area contributed by atoms with Gasteiger partial charge in [-0.15, -0.1) is 0 Å². The molecule has 0 heterocycles. The lowest BCUT2D eigenvalue weighted by molar-refractivity contribution is -0.130. The van der Waals surface area contributed by atoms with Crippen LogP contribution >= 0.6 is 11.6 Å². The smallest absolute Gasteiger partial charge is 0.264 e. The molecule has 0 spiro atoms. The van der Waals surface area contributed by atoms with Gasteiger partial charge in [-0.2, -0.15) is 0 Å². The van der Waals surface area contributed by atoms with E-state index in [0.29, 0.717) is 10.7 Å². The summed E-state index contributed by atoms with van der Waals surface area (Å²) in [6, 6.07) is 13.3. The fourth-order valence-corrected chi connectivity index (χ4v) is 5.21. The van der Waals surface area contributed by atoms with Crippen LogP contribution in [0.1, 0.15) is 37.7 Å². The number of amides is 1. The number of likely N-dealkylation sites (N-methyl/N-ethyl adjacent to an activating group) is 1. The van der Waals surface area contributed by atoms with Crippen molar-refractivity contribution < 1.29 is 13.2 Å². The lowest BCUT2D eigenvalue weighted by atomic mass is 9.94. The Hall–Kier alpha value is -2.05. The molecule has 1 aliphatic rings. The topological polar surface area (TPSA) is 57.7 Å². The Morgan fingerprint density at radius 1 is 1.00 bits per heavy atom. The van der Waals surface area contributed by atoms with Crippen LogP contribution in [0.25, 0.3) is 0 Å². The second kappa shape index (κ2) is 9.18. The summed E-state index contributed by atoms with van der Waals surface area (Å²) >= 11 is 5.98. The van der Waals surface area contributed by atoms with Crippen molar-refractivity contribution in [2.75, 3.05) is 17.9 Å². The van der Waals surface area contributed by atoms with Gasteiger partial charge in [0, 0.05) is 18.1 Å². The maximum absolute atomic E-state index is 13.4. The Morgan fingerprint density at radius 3 is 2.17 bits per heavy atom. The number of nitrogens with zero attached hydrogens (tertiary/aromatic N) is 2. The first-order valence-corrected chi connectivity index (χ1v) is 11.7. The predicted molar refractivity (Wildman–Crippen MR) is 117 cm³/mol. The lowest BCUT2D eigenvalue weighted by Crippen LogP contribution is -2.45. The van der Waals surface area contributed by atoms with Gasteiger partial charge in [0.15, 0.2) is 0 Å². The molecule has 0 bridgehead atoms. The van der Waals surface area contributed by atoms with Gasteiger partial charge in [0.05, 0.1) is 10.6 Å². The summed E-state index contributed by atoms with van der Waals surface area (Å²) < 4.78 is 27.9. The molecule has 0 aliphatic heterocycles. The van der Waals surface area contributed by atoms with Crippen molar-refractivity contribution in [3.05, 3.63) is 59.1 Å². The lowest BCUT2D eigenvalue weighted by Gasteiger charge is -2.33. The van der Waals surface area contributed by atoms with E-state index in [-0.39, 0.29) is 23.4 Å². The Morgan fingerprint density at radius 2 is 1.59 bits per heavy atom. The number of benzene rings is 2. The predicted octanol–water partition coefficient (Wildman–Crippen LogP) is 4.63. The molecule has 2 aromatic carbocycles. The van der Waals surface area contributed by atoms with E-state index in [2.05, 4.69) is 0 Å². The van der Waals surface area contributed by atoms with Crippen molar-refractivity contribution in [3.63, 3.8) is 0 Å². The summed E-state index contributed by atoms with van der Waals surface area (Å²) in [5.41, 5.74) is 1.38. The summed E-state index contributed by atoms with van der Waals surface area (Å²) in [5, 5.41) is 0.507. The number of hydrogen-bond donors (Lipinski definition) is 0. The largest absolute Gasteiger partial charge is 0.341 e. The van der Waals surface area contributed by atoms with Crippen molar-refractivity contribution in [2.24, 2.45) is 0 Å². The zero-order valence-corrected chi connectivity index (χ0v) is 18.4. The summed E-state index contributed by atoms with van der Waals surface area (Å²) in [5.74, 6) is -0.206. The average Bonchev–Trinajstić information content (AvgIpc) is 2.73. The van der Waals surface area contributed by atoms with Crippen LogP contribution in [0.15, 0.2) is 53.4 Å². The average molecular weight is 435 g/mol. The molecule has 1 aliphatic carbocycles. The van der Waals surface area contributed by atoms with Gasteiger partial charge in [0.1, 0.15) is 6.54 Å². The second-order valence-corrected chi connectivity index (χ2v) is 9.90. The van der Waals surface area contributed by atoms with Crippen LogP contribution in [0, 0.1) is 6.92 Å². The van der Waals surface area contributed by atoms with E-state index in [0.717, 1.165) is 31.2 Å². The molecule has 1 saturated carbocycles. The molecule has 0 unspecified atom stereocenters. The van der Waals surface area contributed by atoms with Gasteiger partial charge < -0.3 is 4.90 Å². The molecule has 2 aromatic rings. The summed E-state index contributed by atoms with van der Waals surface area (Å²) in [7, 11) is -2.13. The Bertz CT molecular complexity index is 937. The summed E-state index contributed by atoms with van der Waals surface area (Å²) in [4.78, 5) is 14.9. The molecule has 156 valence electrons. The first-order valence-electron chi connectivity index (χ1n) is 9.89. The number of carbonyl (C=O) groups excluding carboxylic acids is 1. The molecule has 1 fully saturated rings. The van der Waals surface area contributed by atoms with Crippen LogP contribution in [-0.4, -0.2) is 38.9 Å². The summed E-state index contributed by atoms with van der Waals surface area (Å²) in [6.07, 6.45) is 5.33. The highest BCUT2D eigenvalue weighted by Gasteiger charge is 2.30. The molecule has 1 amide bonds. The number of rotatable bonds is 6. The molecular formula is C22H27ClN2O3S. The van der Waals surface area contributed by atoms with Gasteiger partial charge in [-0.05, 0) is 56.2 Å². The molecule has 0 atom stereocenters. The Labute approximate surface area is 178 Å². The number of halogens is 1. The Balaban J connectivity index is 1.91. The first-order chi connectivity index (χ1) is 13.8. The van der Waals surface area contributed by atoms with Gasteiger partial charge in [-0.25, -0.2) is 8.42 Å². The quantitative estimate of drug-likeness (QED) is 0.665. The maximum atomic E-state index is 13.4. The van der Waals surface area contributed by atoms with Gasteiger partial charge in [-0.1, -0.05) is 48.6 Å². The van der Waals surface area contributed by atoms with Gasteiger partial charge >= 0.3 is 0 Å². The van der Waals surface area contributed by atoms with Crippen molar-refractivity contribution in [1.82, 2.24) is 4.90 Å². The number of hydrogen-bond acceptors (Lipinski definition) is 3. The van der Waals surface area contributed by atoms with Crippen LogP contribution in [0.2, 0.25) is 5.02 Å². The highest BCUT2D eigenvalue weighted by molar-refractivity contribution is 7.92. The fraction of sp³-hybridized carbons (Fsp3) is 0.409. The molecule has 29 heavy (non-hydrogen) atoms. The summed E-state index contributed by atoms with van der Waals surface area (Å²) in [6.45, 7) is 1.65. The van der Waals surface area contributed by atoms with Crippen molar-refractivity contribution in [2.45, 2.75) is 50.0 Å². The first kappa shape index (κ1) is 21.7. The van der Waals surface area contributed by atoms with E-state index in [9.17, 15) is 13.2 Å². The standard InChI is InChI=1S/C22H27ClN2O3S/c1-17-8-14-21(15-9-17)29(27,28)25(20-12-10-18(23)11-13-20)16-22(26)24(2)19-6-4-3-5-7-19/h8-15,19H,3-7,16H2,1-2H3. The SMILES string of the molecule is Cc1ccc(S(=O)(=O)N(CC(=O)N(C)C2CCCCC2)c2ccc(Cl)cc2)cc1. The molecule has 3 rings (SSSR count). The zero-order chi connectivity index (χ0) is 21.0. The number of sulfonamides is 1. The van der Waals surface area contributed by atoms with Crippen molar-refractivity contribution in [1.29, 1.82) is 0 Å². The molecule has 0 saturated heterocycles. The monoisotopic (exact) mass is 434 g/mol. The fourth-order valence-electron chi connectivity index (χ4n) is 3.67. The van der Waals surface area contributed by atoms with Crippen LogP contribution in [0.4, 0.5) is 5.69 Å².